The van der Waals surface area contributed by atoms with Gasteiger partial charge in [-0.25, -0.2) is 4.57 Å². The normalized spacial score (nSPS) is 17.6. The van der Waals surface area contributed by atoms with Crippen LogP contribution >= 0.6 is 23.2 Å². The van der Waals surface area contributed by atoms with E-state index in [-0.39, 0.29) is 0 Å². The zero-order valence-electron chi connectivity index (χ0n) is 12.3. The molecule has 0 bridgehead atoms. The highest BCUT2D eigenvalue weighted by molar-refractivity contribution is 6.35. The van der Waals surface area contributed by atoms with Gasteiger partial charge < -0.3 is 0 Å². The number of aryl methyl sites for hydroxylation is 3. The van der Waals surface area contributed by atoms with E-state index in [0.29, 0.717) is 10.9 Å². The molecule has 0 fully saturated rings. The Hall–Kier alpha value is -1.05. The summed E-state index contributed by atoms with van der Waals surface area (Å²) >= 11 is 12.2. The van der Waals surface area contributed by atoms with Gasteiger partial charge in [0.25, 0.3) is 0 Å². The highest BCUT2D eigenvalue weighted by Gasteiger charge is 2.22. The molecule has 0 amide bonds. The summed E-state index contributed by atoms with van der Waals surface area (Å²) in [7, 11) is 2.09. The van der Waals surface area contributed by atoms with Crippen molar-refractivity contribution < 1.29 is 4.57 Å². The average molecular weight is 321 g/mol. The Morgan fingerprint density at radius 2 is 2.10 bits per heavy atom. The van der Waals surface area contributed by atoms with Crippen molar-refractivity contribution in [2.24, 2.45) is 7.05 Å². The van der Waals surface area contributed by atoms with Crippen LogP contribution in [0.15, 0.2) is 36.7 Å². The quantitative estimate of drug-likeness (QED) is 0.710. The highest BCUT2D eigenvalue weighted by Crippen LogP contribution is 2.34. The summed E-state index contributed by atoms with van der Waals surface area (Å²) < 4.78 is 2.15. The largest absolute Gasteiger partial charge is 0.208 e. The second kappa shape index (κ2) is 6.37. The van der Waals surface area contributed by atoms with E-state index in [1.165, 1.54) is 36.0 Å². The van der Waals surface area contributed by atoms with Crippen LogP contribution in [0.5, 0.6) is 0 Å². The Labute approximate surface area is 136 Å². The molecule has 1 aromatic heterocycles. The molecule has 3 heteroatoms. The standard InChI is InChI=1S/C18H20Cl2N/c1-21-10-9-17-13(3-2-4-15(17)12-21)5-6-14-7-8-16(19)11-18(14)20/h7-13H,2-6H2,1H3/q+1. The molecule has 1 nitrogen and oxygen atoms in total. The van der Waals surface area contributed by atoms with Crippen LogP contribution in [0.2, 0.25) is 10.0 Å². The predicted octanol–water partition coefficient (Wildman–Crippen LogP) is 4.87. The van der Waals surface area contributed by atoms with Gasteiger partial charge in [-0.3, -0.25) is 0 Å². The van der Waals surface area contributed by atoms with E-state index in [2.05, 4.69) is 36.1 Å². The Morgan fingerprint density at radius 1 is 1.24 bits per heavy atom. The van der Waals surface area contributed by atoms with E-state index in [1.807, 2.05) is 12.1 Å². The van der Waals surface area contributed by atoms with Crippen LogP contribution in [-0.2, 0) is 19.9 Å². The van der Waals surface area contributed by atoms with Gasteiger partial charge in [-0.2, -0.15) is 0 Å². The van der Waals surface area contributed by atoms with Gasteiger partial charge in [-0.1, -0.05) is 29.3 Å². The SMILES string of the molecule is C[n+]1ccc2c(c1)CCCC2CCc1ccc(Cl)cc1Cl. The lowest BCUT2D eigenvalue weighted by atomic mass is 9.81. The third-order valence-corrected chi connectivity index (χ3v) is 5.02. The maximum Gasteiger partial charge on any atom is 0.171 e. The first-order valence-electron chi connectivity index (χ1n) is 7.55. The molecule has 0 radical (unpaired) electrons. The second-order valence-electron chi connectivity index (χ2n) is 5.95. The van der Waals surface area contributed by atoms with Crippen molar-refractivity contribution >= 4 is 23.2 Å². The lowest BCUT2D eigenvalue weighted by molar-refractivity contribution is -0.672. The number of fused-ring (bicyclic) bond motifs is 1. The smallest absolute Gasteiger partial charge is 0.171 e. The van der Waals surface area contributed by atoms with Crippen molar-refractivity contribution in [3.05, 3.63) is 63.4 Å². The number of hydrogen-bond acceptors (Lipinski definition) is 0. The van der Waals surface area contributed by atoms with Gasteiger partial charge in [-0.05, 0) is 61.3 Å². The van der Waals surface area contributed by atoms with Gasteiger partial charge >= 0.3 is 0 Å². The van der Waals surface area contributed by atoms with Gasteiger partial charge in [0, 0.05) is 21.7 Å². The molecular formula is C18H20Cl2N+. The predicted molar refractivity (Wildman–Crippen MR) is 88.1 cm³/mol. The number of pyridine rings is 1. The number of benzene rings is 1. The fraction of sp³-hybridized carbons (Fsp3) is 0.389. The summed E-state index contributed by atoms with van der Waals surface area (Å²) in [6.07, 6.45) is 10.4. The fourth-order valence-corrected chi connectivity index (χ4v) is 3.83. The van der Waals surface area contributed by atoms with Crippen molar-refractivity contribution in [3.8, 4) is 0 Å². The summed E-state index contributed by atoms with van der Waals surface area (Å²) in [6, 6.07) is 8.12. The van der Waals surface area contributed by atoms with Gasteiger partial charge in [-0.15, -0.1) is 0 Å². The molecular weight excluding hydrogens is 301 g/mol. The maximum atomic E-state index is 6.28. The Kier molecular flexibility index (Phi) is 4.51. The lowest BCUT2D eigenvalue weighted by Crippen LogP contribution is -2.29. The van der Waals surface area contributed by atoms with E-state index < -0.39 is 0 Å². The van der Waals surface area contributed by atoms with E-state index in [0.717, 1.165) is 17.9 Å². The van der Waals surface area contributed by atoms with Crippen LogP contribution < -0.4 is 4.57 Å². The first-order chi connectivity index (χ1) is 10.1. The Morgan fingerprint density at radius 3 is 2.90 bits per heavy atom. The molecule has 1 aromatic carbocycles. The monoisotopic (exact) mass is 320 g/mol. The van der Waals surface area contributed by atoms with Crippen LogP contribution in [0.1, 0.15) is 41.9 Å². The van der Waals surface area contributed by atoms with Crippen LogP contribution in [0, 0.1) is 0 Å². The number of hydrogen-bond donors (Lipinski definition) is 0. The van der Waals surface area contributed by atoms with Crippen molar-refractivity contribution in [1.82, 2.24) is 0 Å². The average Bonchev–Trinajstić information content (AvgIpc) is 2.46. The number of rotatable bonds is 3. The van der Waals surface area contributed by atoms with E-state index >= 15 is 0 Å². The van der Waals surface area contributed by atoms with Crippen LogP contribution in [0.25, 0.3) is 0 Å². The zero-order chi connectivity index (χ0) is 14.8. The summed E-state index contributed by atoms with van der Waals surface area (Å²) in [5.74, 6) is 0.654. The molecule has 1 aliphatic rings. The molecule has 2 aromatic rings. The van der Waals surface area contributed by atoms with Gasteiger partial charge in [0.05, 0.1) is 0 Å². The summed E-state index contributed by atoms with van der Waals surface area (Å²) in [5.41, 5.74) is 4.25. The Bertz CT molecular complexity index is 652. The van der Waals surface area contributed by atoms with E-state index in [9.17, 15) is 0 Å². The first kappa shape index (κ1) is 14.9. The minimum Gasteiger partial charge on any atom is -0.208 e. The number of aromatic nitrogens is 1. The summed E-state index contributed by atoms with van der Waals surface area (Å²) in [4.78, 5) is 0. The molecule has 1 aliphatic carbocycles. The van der Waals surface area contributed by atoms with Gasteiger partial charge in [0.2, 0.25) is 0 Å². The fourth-order valence-electron chi connectivity index (χ4n) is 3.32. The molecule has 0 spiro atoms. The van der Waals surface area contributed by atoms with Gasteiger partial charge in [0.15, 0.2) is 12.4 Å². The maximum absolute atomic E-state index is 6.28. The molecule has 110 valence electrons. The third kappa shape index (κ3) is 3.41. The molecule has 0 N–H and O–H groups in total. The van der Waals surface area contributed by atoms with Crippen LogP contribution in [0.4, 0.5) is 0 Å². The molecule has 1 unspecified atom stereocenters. The molecule has 0 saturated carbocycles. The van der Waals surface area contributed by atoms with Crippen molar-refractivity contribution in [2.45, 2.75) is 38.0 Å². The van der Waals surface area contributed by atoms with Crippen molar-refractivity contribution in [2.75, 3.05) is 0 Å². The molecule has 1 heterocycles. The topological polar surface area (TPSA) is 3.88 Å². The molecule has 21 heavy (non-hydrogen) atoms. The molecule has 0 saturated heterocycles. The Balaban J connectivity index is 1.75. The number of halogens is 2. The summed E-state index contributed by atoms with van der Waals surface area (Å²) in [6.45, 7) is 0. The summed E-state index contributed by atoms with van der Waals surface area (Å²) in [5, 5.41) is 1.50. The molecule has 0 aliphatic heterocycles. The minimum absolute atomic E-state index is 0.654. The van der Waals surface area contributed by atoms with Crippen LogP contribution in [0.3, 0.4) is 0 Å². The highest BCUT2D eigenvalue weighted by atomic mass is 35.5. The van der Waals surface area contributed by atoms with Crippen molar-refractivity contribution in [1.29, 1.82) is 0 Å². The number of nitrogens with zero attached hydrogens (tertiary/aromatic N) is 1. The molecule has 3 rings (SSSR count). The van der Waals surface area contributed by atoms with E-state index in [4.69, 9.17) is 23.2 Å². The minimum atomic E-state index is 0.654. The lowest BCUT2D eigenvalue weighted by Gasteiger charge is -2.24. The second-order valence-corrected chi connectivity index (χ2v) is 6.80. The van der Waals surface area contributed by atoms with E-state index in [1.54, 1.807) is 0 Å². The van der Waals surface area contributed by atoms with Crippen LogP contribution in [-0.4, -0.2) is 0 Å². The molecule has 1 atom stereocenters. The third-order valence-electron chi connectivity index (χ3n) is 4.44. The first-order valence-corrected chi connectivity index (χ1v) is 8.31. The van der Waals surface area contributed by atoms with Crippen molar-refractivity contribution in [3.63, 3.8) is 0 Å². The van der Waals surface area contributed by atoms with Gasteiger partial charge in [0.1, 0.15) is 7.05 Å². The zero-order valence-corrected chi connectivity index (χ0v) is 13.8.